The lowest BCUT2D eigenvalue weighted by molar-refractivity contribution is -0.126. The third-order valence-electron chi connectivity index (χ3n) is 2.65. The fourth-order valence-corrected chi connectivity index (χ4v) is 1.76. The van der Waals surface area contributed by atoms with Crippen LogP contribution < -0.4 is 10.1 Å². The number of carbonyl (C=O) groups is 2. The van der Waals surface area contributed by atoms with E-state index in [0.717, 1.165) is 11.3 Å². The second-order valence-corrected chi connectivity index (χ2v) is 3.80. The van der Waals surface area contributed by atoms with Gasteiger partial charge in [0, 0.05) is 6.42 Å². The zero-order valence-electron chi connectivity index (χ0n) is 8.97. The molecule has 83 valence electrons. The zero-order valence-corrected chi connectivity index (χ0v) is 8.97. The summed E-state index contributed by atoms with van der Waals surface area (Å²) in [4.78, 5) is 22.2. The summed E-state index contributed by atoms with van der Waals surface area (Å²) in [6.07, 6.45) is 0.808. The number of benzene rings is 1. The molecule has 1 aromatic carbocycles. The van der Waals surface area contributed by atoms with Crippen molar-refractivity contribution in [2.24, 2.45) is 5.92 Å². The van der Waals surface area contributed by atoms with Crippen molar-refractivity contribution in [1.29, 1.82) is 0 Å². The van der Waals surface area contributed by atoms with Crippen molar-refractivity contribution >= 4 is 11.8 Å². The molecule has 4 nitrogen and oxygen atoms in total. The Morgan fingerprint density at radius 2 is 2.00 bits per heavy atom. The summed E-state index contributed by atoms with van der Waals surface area (Å²) < 4.78 is 5.04. The summed E-state index contributed by atoms with van der Waals surface area (Å²) in [6, 6.07) is 7.48. The van der Waals surface area contributed by atoms with Crippen LogP contribution in [0.15, 0.2) is 24.3 Å². The van der Waals surface area contributed by atoms with Crippen molar-refractivity contribution in [1.82, 2.24) is 5.32 Å². The van der Waals surface area contributed by atoms with E-state index in [1.54, 1.807) is 7.11 Å². The van der Waals surface area contributed by atoms with Gasteiger partial charge in [0.15, 0.2) is 0 Å². The lowest BCUT2D eigenvalue weighted by atomic mass is 9.98. The minimum Gasteiger partial charge on any atom is -0.497 e. The smallest absolute Gasteiger partial charge is 0.252 e. The monoisotopic (exact) mass is 218 g/mol. The maximum absolute atomic E-state index is 11.3. The van der Waals surface area contributed by atoms with E-state index >= 15 is 0 Å². The van der Waals surface area contributed by atoms with Crippen molar-refractivity contribution in [3.8, 4) is 5.75 Å². The third-order valence-corrected chi connectivity index (χ3v) is 2.65. The molecule has 2 rings (SSSR count). The first kappa shape index (κ1) is 10.7. The van der Waals surface area contributed by atoms with Gasteiger partial charge in [-0.15, -0.1) is 0 Å². The van der Waals surface area contributed by atoms with E-state index in [1.165, 1.54) is 0 Å². The van der Waals surface area contributed by atoms with Crippen LogP contribution in [0.4, 0.5) is 0 Å². The molecule has 0 aromatic heterocycles. The third kappa shape index (κ3) is 2.21. The van der Waals surface area contributed by atoms with E-state index in [9.17, 15) is 9.59 Å². The first-order valence-corrected chi connectivity index (χ1v) is 5.10. The molecule has 0 aliphatic carbocycles. The zero-order chi connectivity index (χ0) is 11.5. The van der Waals surface area contributed by atoms with E-state index in [1.807, 2.05) is 24.3 Å². The molecule has 16 heavy (non-hydrogen) atoms. The van der Waals surface area contributed by atoms with Crippen LogP contribution in [0.3, 0.4) is 0 Å². The summed E-state index contributed by atoms with van der Waals surface area (Å²) in [7, 11) is 1.60. The second-order valence-electron chi connectivity index (χ2n) is 3.80. The first-order valence-electron chi connectivity index (χ1n) is 5.10. The highest BCUT2D eigenvalue weighted by Crippen LogP contribution is 2.20. The van der Waals surface area contributed by atoms with E-state index < -0.39 is 0 Å². The highest BCUT2D eigenvalue weighted by atomic mass is 16.5. The Morgan fingerprint density at radius 1 is 1.31 bits per heavy atom. The number of hydrogen-bond donors (Lipinski definition) is 0. The van der Waals surface area contributed by atoms with Gasteiger partial charge in [-0.25, -0.2) is 0 Å². The Labute approximate surface area is 93.6 Å². The first-order chi connectivity index (χ1) is 7.69. The molecule has 1 aliphatic heterocycles. The fraction of sp³-hybridized carbons (Fsp3) is 0.333. The Bertz CT molecular complexity index is 411. The number of carbonyl (C=O) groups excluding carboxylic acids is 2. The molecule has 0 saturated carbocycles. The molecule has 1 fully saturated rings. The normalized spacial score (nSPS) is 19.7. The number of imide groups is 1. The predicted octanol–water partition coefficient (Wildman–Crippen LogP) is 0.915. The molecule has 1 aromatic rings. The van der Waals surface area contributed by atoms with Gasteiger partial charge in [-0.1, -0.05) is 12.1 Å². The summed E-state index contributed by atoms with van der Waals surface area (Å²) in [5.41, 5.74) is 1.02. The molecule has 0 N–H and O–H groups in total. The molecule has 0 bridgehead atoms. The summed E-state index contributed by atoms with van der Waals surface area (Å²) in [6.45, 7) is 0. The molecule has 2 amide bonds. The van der Waals surface area contributed by atoms with Crippen LogP contribution >= 0.6 is 0 Å². The van der Waals surface area contributed by atoms with Crippen LogP contribution in [-0.4, -0.2) is 18.9 Å². The molecule has 1 aliphatic rings. The van der Waals surface area contributed by atoms with Gasteiger partial charge in [-0.3, -0.25) is 9.59 Å². The minimum atomic E-state index is -0.302. The molecule has 1 unspecified atom stereocenters. The van der Waals surface area contributed by atoms with Gasteiger partial charge in [0.05, 0.1) is 13.0 Å². The molecular weight excluding hydrogens is 206 g/mol. The van der Waals surface area contributed by atoms with Gasteiger partial charge < -0.3 is 4.74 Å². The van der Waals surface area contributed by atoms with Crippen LogP contribution in [0.1, 0.15) is 12.0 Å². The average Bonchev–Trinajstić information content (AvgIpc) is 2.59. The SMILES string of the molecule is COc1ccc(CC2CC(=O)[N]C2=O)cc1. The topological polar surface area (TPSA) is 57.5 Å². The van der Waals surface area contributed by atoms with Gasteiger partial charge in [0.1, 0.15) is 5.75 Å². The summed E-state index contributed by atoms with van der Waals surface area (Å²) >= 11 is 0. The van der Waals surface area contributed by atoms with Crippen molar-refractivity contribution in [2.45, 2.75) is 12.8 Å². The summed E-state index contributed by atoms with van der Waals surface area (Å²) in [5.74, 6) is -0.0903. The Balaban J connectivity index is 2.03. The van der Waals surface area contributed by atoms with Crippen LogP contribution in [0.5, 0.6) is 5.75 Å². The van der Waals surface area contributed by atoms with Crippen molar-refractivity contribution in [2.75, 3.05) is 7.11 Å². The molecule has 4 heteroatoms. The fourth-order valence-electron chi connectivity index (χ4n) is 1.76. The lowest BCUT2D eigenvalue weighted by Gasteiger charge is -2.06. The number of ether oxygens (including phenoxy) is 1. The van der Waals surface area contributed by atoms with Gasteiger partial charge in [-0.2, -0.15) is 5.32 Å². The number of methoxy groups -OCH3 is 1. The van der Waals surface area contributed by atoms with Gasteiger partial charge in [0.25, 0.3) is 5.91 Å². The number of rotatable bonds is 3. The number of amides is 2. The lowest BCUT2D eigenvalue weighted by Crippen LogP contribution is -2.16. The molecular formula is C12H12NO3. The van der Waals surface area contributed by atoms with Crippen LogP contribution in [0, 0.1) is 5.92 Å². The van der Waals surface area contributed by atoms with E-state index in [0.29, 0.717) is 6.42 Å². The Morgan fingerprint density at radius 3 is 2.50 bits per heavy atom. The van der Waals surface area contributed by atoms with Crippen molar-refractivity contribution in [3.05, 3.63) is 29.8 Å². The molecule has 0 spiro atoms. The molecule has 1 atom stereocenters. The molecule has 1 radical (unpaired) electrons. The largest absolute Gasteiger partial charge is 0.497 e. The van der Waals surface area contributed by atoms with Crippen LogP contribution in [0.25, 0.3) is 0 Å². The van der Waals surface area contributed by atoms with Gasteiger partial charge in [0.2, 0.25) is 5.91 Å². The van der Waals surface area contributed by atoms with Crippen molar-refractivity contribution < 1.29 is 14.3 Å². The Kier molecular flexibility index (Phi) is 2.90. The number of hydrogen-bond acceptors (Lipinski definition) is 3. The predicted molar refractivity (Wildman–Crippen MR) is 57.0 cm³/mol. The van der Waals surface area contributed by atoms with Gasteiger partial charge in [-0.05, 0) is 24.1 Å². The Hall–Kier alpha value is -1.84. The van der Waals surface area contributed by atoms with E-state index in [2.05, 4.69) is 5.32 Å². The minimum absolute atomic E-state index is 0.241. The average molecular weight is 218 g/mol. The second kappa shape index (κ2) is 4.35. The van der Waals surface area contributed by atoms with E-state index in [-0.39, 0.29) is 24.2 Å². The number of nitrogens with zero attached hydrogens (tertiary/aromatic N) is 1. The standard InChI is InChI=1S/C12H12NO3/c1-16-10-4-2-8(3-5-10)6-9-7-11(14)13-12(9)15/h2-5,9H,6-7H2,1H3. The quantitative estimate of drug-likeness (QED) is 0.709. The van der Waals surface area contributed by atoms with Crippen LogP contribution in [-0.2, 0) is 16.0 Å². The van der Waals surface area contributed by atoms with Crippen LogP contribution in [0.2, 0.25) is 0 Å². The maximum atomic E-state index is 11.3. The summed E-state index contributed by atoms with van der Waals surface area (Å²) in [5, 5.41) is 3.40. The van der Waals surface area contributed by atoms with Crippen molar-refractivity contribution in [3.63, 3.8) is 0 Å². The van der Waals surface area contributed by atoms with Gasteiger partial charge >= 0.3 is 0 Å². The highest BCUT2D eigenvalue weighted by Gasteiger charge is 2.32. The molecule has 1 heterocycles. The van der Waals surface area contributed by atoms with E-state index in [4.69, 9.17) is 4.74 Å². The highest BCUT2D eigenvalue weighted by molar-refractivity contribution is 6.03. The maximum Gasteiger partial charge on any atom is 0.252 e. The molecule has 1 saturated heterocycles.